The second-order valence-electron chi connectivity index (χ2n) is 5.07. The highest BCUT2D eigenvalue weighted by molar-refractivity contribution is 7.12. The molecular formula is C15H21N3OS. The second-order valence-corrected chi connectivity index (χ2v) is 6.39. The largest absolute Gasteiger partial charge is 0.473 e. The van der Waals surface area contributed by atoms with Crippen LogP contribution in [0.4, 0.5) is 11.5 Å². The highest BCUT2D eigenvalue weighted by atomic mass is 32.1. The lowest BCUT2D eigenvalue weighted by atomic mass is 10.2. The fourth-order valence-electron chi connectivity index (χ4n) is 1.83. The van der Waals surface area contributed by atoms with Crippen molar-refractivity contribution < 1.29 is 4.74 Å². The predicted octanol–water partition coefficient (Wildman–Crippen LogP) is 3.99. The maximum atomic E-state index is 5.87. The molecule has 0 bridgehead atoms. The molecule has 0 aliphatic heterocycles. The number of anilines is 2. The van der Waals surface area contributed by atoms with Gasteiger partial charge in [0.15, 0.2) is 0 Å². The Morgan fingerprint density at radius 3 is 2.55 bits per heavy atom. The van der Waals surface area contributed by atoms with Gasteiger partial charge in [-0.1, -0.05) is 0 Å². The molecule has 0 fully saturated rings. The summed E-state index contributed by atoms with van der Waals surface area (Å²) in [5.74, 6) is 1.26. The van der Waals surface area contributed by atoms with Crippen molar-refractivity contribution >= 4 is 22.8 Å². The summed E-state index contributed by atoms with van der Waals surface area (Å²) in [5, 5.41) is 3.38. The number of hydrogen-bond acceptors (Lipinski definition) is 5. The lowest BCUT2D eigenvalue weighted by Gasteiger charge is -2.16. The van der Waals surface area contributed by atoms with Crippen LogP contribution in [0.1, 0.15) is 36.6 Å². The van der Waals surface area contributed by atoms with Gasteiger partial charge < -0.3 is 15.8 Å². The van der Waals surface area contributed by atoms with E-state index in [0.29, 0.717) is 11.6 Å². The Labute approximate surface area is 124 Å². The summed E-state index contributed by atoms with van der Waals surface area (Å²) in [6.07, 6.45) is 0.0532. The lowest BCUT2D eigenvalue weighted by Crippen LogP contribution is -2.11. The molecule has 1 unspecified atom stereocenters. The summed E-state index contributed by atoms with van der Waals surface area (Å²) in [7, 11) is 0. The smallest absolute Gasteiger partial charge is 0.239 e. The molecule has 0 aromatic carbocycles. The Morgan fingerprint density at radius 1 is 1.20 bits per heavy atom. The van der Waals surface area contributed by atoms with E-state index in [1.54, 1.807) is 11.3 Å². The van der Waals surface area contributed by atoms with Crippen molar-refractivity contribution in [3.8, 4) is 5.88 Å². The van der Waals surface area contributed by atoms with Gasteiger partial charge in [0.2, 0.25) is 5.88 Å². The minimum atomic E-state index is 0.0532. The number of aryl methyl sites for hydroxylation is 1. The van der Waals surface area contributed by atoms with Gasteiger partial charge in [0, 0.05) is 9.75 Å². The summed E-state index contributed by atoms with van der Waals surface area (Å²) >= 11 is 1.79. The van der Waals surface area contributed by atoms with E-state index >= 15 is 0 Å². The molecule has 0 spiro atoms. The summed E-state index contributed by atoms with van der Waals surface area (Å²) in [6.45, 7) is 8.14. The molecule has 108 valence electrons. The number of pyridine rings is 1. The van der Waals surface area contributed by atoms with E-state index < -0.39 is 0 Å². The molecule has 1 atom stereocenters. The topological polar surface area (TPSA) is 60.2 Å². The van der Waals surface area contributed by atoms with Gasteiger partial charge in [0.05, 0.1) is 17.8 Å². The number of nitrogens with zero attached hydrogens (tertiary/aromatic N) is 1. The van der Waals surface area contributed by atoms with Crippen LogP contribution in [0.2, 0.25) is 0 Å². The van der Waals surface area contributed by atoms with Crippen LogP contribution in [0.5, 0.6) is 5.88 Å². The van der Waals surface area contributed by atoms with E-state index in [0.717, 1.165) is 5.82 Å². The molecule has 0 aliphatic carbocycles. The highest BCUT2D eigenvalue weighted by Crippen LogP contribution is 2.27. The van der Waals surface area contributed by atoms with Crippen LogP contribution < -0.4 is 15.8 Å². The summed E-state index contributed by atoms with van der Waals surface area (Å²) in [6, 6.07) is 8.16. The van der Waals surface area contributed by atoms with Crippen molar-refractivity contribution in [1.29, 1.82) is 0 Å². The zero-order valence-electron chi connectivity index (χ0n) is 12.3. The van der Waals surface area contributed by atoms with Crippen molar-refractivity contribution in [2.24, 2.45) is 0 Å². The average molecular weight is 291 g/mol. The Bertz CT molecular complexity index is 580. The molecule has 0 amide bonds. The van der Waals surface area contributed by atoms with Crippen LogP contribution in [-0.4, -0.2) is 11.1 Å². The number of thiophene rings is 1. The molecule has 5 heteroatoms. The van der Waals surface area contributed by atoms with Crippen LogP contribution >= 0.6 is 11.3 Å². The van der Waals surface area contributed by atoms with E-state index in [1.807, 2.05) is 26.0 Å². The monoisotopic (exact) mass is 291 g/mol. The van der Waals surface area contributed by atoms with Crippen LogP contribution in [-0.2, 0) is 0 Å². The maximum Gasteiger partial charge on any atom is 0.239 e. The number of rotatable bonds is 5. The standard InChI is InChI=1S/C15H21N3OS/c1-9(2)19-15-12(16)6-8-14(18-15)17-11(4)13-7-5-10(3)20-13/h5-9,11H,16H2,1-4H3,(H,17,18). The fourth-order valence-corrected chi connectivity index (χ4v) is 2.71. The summed E-state index contributed by atoms with van der Waals surface area (Å²) in [5.41, 5.74) is 6.43. The molecule has 0 radical (unpaired) electrons. The molecule has 2 heterocycles. The molecule has 0 saturated heterocycles. The van der Waals surface area contributed by atoms with Crippen molar-refractivity contribution in [1.82, 2.24) is 4.98 Å². The number of hydrogen-bond donors (Lipinski definition) is 2. The third-order valence-electron chi connectivity index (χ3n) is 2.79. The normalized spacial score (nSPS) is 12.4. The van der Waals surface area contributed by atoms with E-state index in [-0.39, 0.29) is 12.1 Å². The van der Waals surface area contributed by atoms with Gasteiger partial charge in [-0.05, 0) is 52.0 Å². The molecular weight excluding hydrogens is 270 g/mol. The first-order chi connectivity index (χ1) is 9.45. The molecule has 0 saturated carbocycles. The predicted molar refractivity (Wildman–Crippen MR) is 85.5 cm³/mol. The van der Waals surface area contributed by atoms with Gasteiger partial charge in [-0.2, -0.15) is 4.98 Å². The Hall–Kier alpha value is -1.75. The first-order valence-corrected chi connectivity index (χ1v) is 7.53. The van der Waals surface area contributed by atoms with Gasteiger partial charge in [0.1, 0.15) is 5.82 Å². The van der Waals surface area contributed by atoms with Crippen molar-refractivity contribution in [3.05, 3.63) is 34.0 Å². The van der Waals surface area contributed by atoms with E-state index in [2.05, 4.69) is 36.3 Å². The van der Waals surface area contributed by atoms with Crippen molar-refractivity contribution in [3.63, 3.8) is 0 Å². The van der Waals surface area contributed by atoms with Crippen molar-refractivity contribution in [2.45, 2.75) is 39.8 Å². The third-order valence-corrected chi connectivity index (χ3v) is 3.97. The number of nitrogens with two attached hydrogens (primary N) is 1. The maximum absolute atomic E-state index is 5.87. The molecule has 2 aromatic rings. The molecule has 20 heavy (non-hydrogen) atoms. The number of nitrogens with one attached hydrogen (secondary N) is 1. The minimum absolute atomic E-state index is 0.0532. The Balaban J connectivity index is 2.13. The number of ether oxygens (including phenoxy) is 1. The average Bonchev–Trinajstić information content (AvgIpc) is 2.79. The molecule has 2 aromatic heterocycles. The van der Waals surface area contributed by atoms with Gasteiger partial charge in [-0.3, -0.25) is 0 Å². The van der Waals surface area contributed by atoms with Crippen LogP contribution in [0.3, 0.4) is 0 Å². The fraction of sp³-hybridized carbons (Fsp3) is 0.400. The molecule has 0 aliphatic rings. The minimum Gasteiger partial charge on any atom is -0.473 e. The Kier molecular flexibility index (Phi) is 4.49. The van der Waals surface area contributed by atoms with E-state index in [9.17, 15) is 0 Å². The zero-order valence-corrected chi connectivity index (χ0v) is 13.1. The van der Waals surface area contributed by atoms with Crippen LogP contribution in [0.15, 0.2) is 24.3 Å². The SMILES string of the molecule is Cc1ccc(C(C)Nc2ccc(N)c(OC(C)C)n2)s1. The highest BCUT2D eigenvalue weighted by Gasteiger charge is 2.11. The van der Waals surface area contributed by atoms with Crippen molar-refractivity contribution in [2.75, 3.05) is 11.1 Å². The first-order valence-electron chi connectivity index (χ1n) is 6.71. The molecule has 2 rings (SSSR count). The second kappa shape index (κ2) is 6.13. The zero-order chi connectivity index (χ0) is 14.7. The summed E-state index contributed by atoms with van der Waals surface area (Å²) in [4.78, 5) is 7.02. The van der Waals surface area contributed by atoms with Gasteiger partial charge in [-0.25, -0.2) is 0 Å². The van der Waals surface area contributed by atoms with Gasteiger partial charge in [-0.15, -0.1) is 11.3 Å². The van der Waals surface area contributed by atoms with Gasteiger partial charge >= 0.3 is 0 Å². The number of nitrogen functional groups attached to an aromatic ring is 1. The lowest BCUT2D eigenvalue weighted by molar-refractivity contribution is 0.234. The van der Waals surface area contributed by atoms with Crippen LogP contribution in [0, 0.1) is 6.92 Å². The van der Waals surface area contributed by atoms with E-state index in [1.165, 1.54) is 9.75 Å². The summed E-state index contributed by atoms with van der Waals surface area (Å²) < 4.78 is 5.60. The number of aromatic nitrogens is 1. The molecule has 3 N–H and O–H groups in total. The van der Waals surface area contributed by atoms with Crippen LogP contribution in [0.25, 0.3) is 0 Å². The Morgan fingerprint density at radius 2 is 1.95 bits per heavy atom. The quantitative estimate of drug-likeness (QED) is 0.874. The third kappa shape index (κ3) is 3.63. The van der Waals surface area contributed by atoms with Gasteiger partial charge in [0.25, 0.3) is 0 Å². The molecule has 4 nitrogen and oxygen atoms in total. The first kappa shape index (κ1) is 14.7. The van der Waals surface area contributed by atoms with E-state index in [4.69, 9.17) is 10.5 Å².